The summed E-state index contributed by atoms with van der Waals surface area (Å²) in [6.07, 6.45) is 1.48. The van der Waals surface area contributed by atoms with Gasteiger partial charge in [-0.25, -0.2) is 4.79 Å². The molecule has 0 bridgehead atoms. The number of hydrogen-bond donors (Lipinski definition) is 2. The Kier molecular flexibility index (Phi) is 3.62. The van der Waals surface area contributed by atoms with Gasteiger partial charge in [0, 0.05) is 17.3 Å². The summed E-state index contributed by atoms with van der Waals surface area (Å²) >= 11 is 0. The van der Waals surface area contributed by atoms with Crippen molar-refractivity contribution in [1.82, 2.24) is 4.98 Å². The summed E-state index contributed by atoms with van der Waals surface area (Å²) in [5.74, 6) is -0.799. The molecule has 0 saturated heterocycles. The maximum absolute atomic E-state index is 12.3. The van der Waals surface area contributed by atoms with Crippen molar-refractivity contribution in [1.29, 1.82) is 0 Å². The number of anilines is 1. The Morgan fingerprint density at radius 3 is 2.68 bits per heavy atom. The molecule has 2 N–H and O–H groups in total. The third-order valence-electron chi connectivity index (χ3n) is 3.39. The molecule has 0 spiro atoms. The molecule has 0 saturated carbocycles. The van der Waals surface area contributed by atoms with Crippen LogP contribution in [0.5, 0.6) is 0 Å². The van der Waals surface area contributed by atoms with Crippen LogP contribution < -0.4 is 5.32 Å². The SMILES string of the molecule is COC(=O)c1cc(C(=O)Nc2cccc3ccccc23)c[nH]1. The average Bonchev–Trinajstić information content (AvgIpc) is 3.04. The molecule has 0 aliphatic rings. The summed E-state index contributed by atoms with van der Waals surface area (Å²) < 4.78 is 4.60. The van der Waals surface area contributed by atoms with Crippen LogP contribution in [0.1, 0.15) is 20.8 Å². The molecule has 1 heterocycles. The molecule has 22 heavy (non-hydrogen) atoms. The molecule has 110 valence electrons. The summed E-state index contributed by atoms with van der Waals surface area (Å²) in [7, 11) is 1.29. The lowest BCUT2D eigenvalue weighted by molar-refractivity contribution is 0.0595. The second kappa shape index (κ2) is 5.73. The van der Waals surface area contributed by atoms with E-state index in [2.05, 4.69) is 15.0 Å². The summed E-state index contributed by atoms with van der Waals surface area (Å²) in [5, 5.41) is 4.87. The van der Waals surface area contributed by atoms with Gasteiger partial charge in [-0.1, -0.05) is 36.4 Å². The number of H-pyrrole nitrogens is 1. The van der Waals surface area contributed by atoms with Gasteiger partial charge in [0.25, 0.3) is 5.91 Å². The van der Waals surface area contributed by atoms with E-state index in [-0.39, 0.29) is 11.6 Å². The second-order valence-corrected chi connectivity index (χ2v) is 4.77. The van der Waals surface area contributed by atoms with E-state index in [1.165, 1.54) is 19.4 Å². The second-order valence-electron chi connectivity index (χ2n) is 4.77. The first-order valence-corrected chi connectivity index (χ1v) is 6.75. The van der Waals surface area contributed by atoms with Crippen LogP contribution in [0.2, 0.25) is 0 Å². The smallest absolute Gasteiger partial charge is 0.354 e. The minimum Gasteiger partial charge on any atom is -0.464 e. The highest BCUT2D eigenvalue weighted by molar-refractivity contribution is 6.09. The molecule has 2 aromatic carbocycles. The molecule has 1 aromatic heterocycles. The Balaban J connectivity index is 1.87. The van der Waals surface area contributed by atoms with Crippen LogP contribution in [0.3, 0.4) is 0 Å². The molecule has 3 rings (SSSR count). The van der Waals surface area contributed by atoms with Gasteiger partial charge in [-0.05, 0) is 17.5 Å². The van der Waals surface area contributed by atoms with E-state index in [0.717, 1.165) is 16.5 Å². The van der Waals surface area contributed by atoms with E-state index in [0.29, 0.717) is 5.56 Å². The number of fused-ring (bicyclic) bond motifs is 1. The van der Waals surface area contributed by atoms with Gasteiger partial charge in [-0.2, -0.15) is 0 Å². The highest BCUT2D eigenvalue weighted by atomic mass is 16.5. The first-order chi connectivity index (χ1) is 10.7. The first-order valence-electron chi connectivity index (χ1n) is 6.75. The highest BCUT2D eigenvalue weighted by Crippen LogP contribution is 2.23. The average molecular weight is 294 g/mol. The zero-order valence-electron chi connectivity index (χ0n) is 11.9. The number of carbonyl (C=O) groups is 2. The van der Waals surface area contributed by atoms with Gasteiger partial charge >= 0.3 is 5.97 Å². The summed E-state index contributed by atoms with van der Waals surface area (Å²) in [5.41, 5.74) is 1.34. The number of esters is 1. The van der Waals surface area contributed by atoms with Gasteiger partial charge < -0.3 is 15.0 Å². The zero-order valence-corrected chi connectivity index (χ0v) is 11.9. The van der Waals surface area contributed by atoms with E-state index >= 15 is 0 Å². The minimum absolute atomic E-state index is 0.241. The quantitative estimate of drug-likeness (QED) is 0.729. The molecule has 0 aliphatic carbocycles. The van der Waals surface area contributed by atoms with Crippen molar-refractivity contribution in [2.24, 2.45) is 0 Å². The molecule has 1 amide bonds. The maximum atomic E-state index is 12.3. The molecule has 0 atom stereocenters. The Morgan fingerprint density at radius 1 is 1.09 bits per heavy atom. The van der Waals surface area contributed by atoms with Crippen LogP contribution >= 0.6 is 0 Å². The van der Waals surface area contributed by atoms with Crippen molar-refractivity contribution in [2.75, 3.05) is 12.4 Å². The van der Waals surface area contributed by atoms with Crippen molar-refractivity contribution >= 4 is 28.3 Å². The fourth-order valence-electron chi connectivity index (χ4n) is 2.28. The molecule has 3 aromatic rings. The number of benzene rings is 2. The number of aromatic nitrogens is 1. The first kappa shape index (κ1) is 13.9. The summed E-state index contributed by atoms with van der Waals surface area (Å²) in [6.45, 7) is 0. The van der Waals surface area contributed by atoms with E-state index in [9.17, 15) is 9.59 Å². The van der Waals surface area contributed by atoms with Crippen LogP contribution in [0.25, 0.3) is 10.8 Å². The Hall–Kier alpha value is -3.08. The van der Waals surface area contributed by atoms with Gasteiger partial charge in [0.2, 0.25) is 0 Å². The van der Waals surface area contributed by atoms with Crippen LogP contribution in [-0.2, 0) is 4.74 Å². The number of hydrogen-bond acceptors (Lipinski definition) is 3. The molecule has 0 unspecified atom stereocenters. The lowest BCUT2D eigenvalue weighted by Crippen LogP contribution is -2.11. The number of aromatic amines is 1. The van der Waals surface area contributed by atoms with Gasteiger partial charge in [-0.15, -0.1) is 0 Å². The van der Waals surface area contributed by atoms with Gasteiger partial charge in [0.15, 0.2) is 0 Å². The topological polar surface area (TPSA) is 71.2 Å². The number of ether oxygens (including phenoxy) is 1. The molecule has 0 aliphatic heterocycles. The van der Waals surface area contributed by atoms with Crippen LogP contribution in [0.15, 0.2) is 54.7 Å². The zero-order chi connectivity index (χ0) is 15.5. The highest BCUT2D eigenvalue weighted by Gasteiger charge is 2.14. The number of rotatable bonds is 3. The standard InChI is InChI=1S/C17H14N2O3/c1-22-17(21)15-9-12(10-18-15)16(20)19-14-8-4-6-11-5-2-3-7-13(11)14/h2-10,18H,1H3,(H,19,20). The van der Waals surface area contributed by atoms with Gasteiger partial charge in [0.05, 0.1) is 12.7 Å². The molecular weight excluding hydrogens is 280 g/mol. The summed E-state index contributed by atoms with van der Waals surface area (Å²) in [6, 6.07) is 15.0. The van der Waals surface area contributed by atoms with E-state index < -0.39 is 5.97 Å². The monoisotopic (exact) mass is 294 g/mol. The molecule has 5 heteroatoms. The normalized spacial score (nSPS) is 10.4. The predicted octanol–water partition coefficient (Wildman–Crippen LogP) is 3.21. The lowest BCUT2D eigenvalue weighted by Gasteiger charge is -2.07. The molecule has 0 radical (unpaired) electrons. The number of carbonyl (C=O) groups excluding carboxylic acids is 2. The minimum atomic E-state index is -0.510. The van der Waals surface area contributed by atoms with Crippen LogP contribution in [-0.4, -0.2) is 24.0 Å². The van der Waals surface area contributed by atoms with E-state index in [1.54, 1.807) is 0 Å². The maximum Gasteiger partial charge on any atom is 0.354 e. The van der Waals surface area contributed by atoms with Crippen LogP contribution in [0, 0.1) is 0 Å². The Bertz CT molecular complexity index is 846. The van der Waals surface area contributed by atoms with E-state index in [1.807, 2.05) is 42.5 Å². The number of nitrogens with one attached hydrogen (secondary N) is 2. The third-order valence-corrected chi connectivity index (χ3v) is 3.39. The number of amides is 1. The van der Waals surface area contributed by atoms with Crippen molar-refractivity contribution in [3.05, 3.63) is 66.0 Å². The van der Waals surface area contributed by atoms with Crippen molar-refractivity contribution < 1.29 is 14.3 Å². The molecular formula is C17H14N2O3. The van der Waals surface area contributed by atoms with Gasteiger partial charge in [-0.3, -0.25) is 4.79 Å². The molecule has 5 nitrogen and oxygen atoms in total. The molecule has 0 fully saturated rings. The van der Waals surface area contributed by atoms with Gasteiger partial charge in [0.1, 0.15) is 5.69 Å². The van der Waals surface area contributed by atoms with Crippen molar-refractivity contribution in [2.45, 2.75) is 0 Å². The Labute approximate surface area is 126 Å². The largest absolute Gasteiger partial charge is 0.464 e. The summed E-state index contributed by atoms with van der Waals surface area (Å²) in [4.78, 5) is 26.4. The number of methoxy groups -OCH3 is 1. The fourth-order valence-corrected chi connectivity index (χ4v) is 2.28. The fraction of sp³-hybridized carbons (Fsp3) is 0.0588. The van der Waals surface area contributed by atoms with Crippen LogP contribution in [0.4, 0.5) is 5.69 Å². The Morgan fingerprint density at radius 2 is 1.86 bits per heavy atom. The van der Waals surface area contributed by atoms with Crippen molar-refractivity contribution in [3.63, 3.8) is 0 Å². The van der Waals surface area contributed by atoms with Crippen molar-refractivity contribution in [3.8, 4) is 0 Å². The van der Waals surface area contributed by atoms with E-state index in [4.69, 9.17) is 0 Å². The lowest BCUT2D eigenvalue weighted by atomic mass is 10.1. The third kappa shape index (κ3) is 2.56. The predicted molar refractivity (Wildman–Crippen MR) is 84.0 cm³/mol.